The Bertz CT molecular complexity index is 2780. The van der Waals surface area contributed by atoms with Crippen LogP contribution in [0.15, 0.2) is 160 Å². The quantitative estimate of drug-likeness (QED) is 0.197. The zero-order valence-corrected chi connectivity index (χ0v) is 25.6. The van der Waals surface area contributed by atoms with Crippen molar-refractivity contribution in [2.75, 3.05) is 0 Å². The van der Waals surface area contributed by atoms with Gasteiger partial charge in [0.05, 0.1) is 5.56 Å². The fourth-order valence-electron chi connectivity index (χ4n) is 6.78. The van der Waals surface area contributed by atoms with E-state index in [9.17, 15) is 0 Å². The van der Waals surface area contributed by atoms with Crippen LogP contribution in [0.3, 0.4) is 0 Å². The maximum absolute atomic E-state index is 6.83. The van der Waals surface area contributed by atoms with Crippen LogP contribution in [0.5, 0.6) is 0 Å². The van der Waals surface area contributed by atoms with Gasteiger partial charge in [0.25, 0.3) is 0 Å². The Morgan fingerprint density at radius 2 is 0.896 bits per heavy atom. The molecule has 10 rings (SSSR count). The van der Waals surface area contributed by atoms with Crippen LogP contribution in [0, 0.1) is 0 Å². The van der Waals surface area contributed by atoms with Crippen molar-refractivity contribution >= 4 is 54.6 Å². The van der Waals surface area contributed by atoms with Crippen LogP contribution in [0.2, 0.25) is 0 Å². The molecule has 0 unspecified atom stereocenters. The van der Waals surface area contributed by atoms with E-state index in [1.54, 1.807) is 0 Å². The first-order chi connectivity index (χ1) is 23.8. The van der Waals surface area contributed by atoms with Crippen LogP contribution in [0.4, 0.5) is 0 Å². The largest absolute Gasteiger partial charge is 0.456 e. The molecule has 3 heterocycles. The van der Waals surface area contributed by atoms with Crippen molar-refractivity contribution in [2.45, 2.75) is 0 Å². The molecule has 0 atom stereocenters. The van der Waals surface area contributed by atoms with Crippen LogP contribution < -0.4 is 0 Å². The van der Waals surface area contributed by atoms with Gasteiger partial charge in [-0.3, -0.25) is 0 Å². The highest BCUT2D eigenvalue weighted by Crippen LogP contribution is 2.41. The first-order valence-corrected chi connectivity index (χ1v) is 15.9. The molecule has 0 radical (unpaired) electrons. The fourth-order valence-corrected chi connectivity index (χ4v) is 6.78. The maximum Gasteiger partial charge on any atom is 0.167 e. The van der Waals surface area contributed by atoms with E-state index in [0.717, 1.165) is 77.1 Å². The Balaban J connectivity index is 1.17. The van der Waals surface area contributed by atoms with E-state index in [1.807, 2.05) is 72.8 Å². The van der Waals surface area contributed by atoms with E-state index in [1.165, 1.54) is 5.39 Å². The normalized spacial score (nSPS) is 11.8. The standard InChI is InChI=1S/C43H25N3O2/c1-3-11-26(12-4-1)41-44-42(27-13-5-2-6-14-27)46-43(45-41)34-20-10-19-33-32-18-9-17-31(39(32)48-40(33)34)30-21-22-37-35(24-30)36-23-28-15-7-8-16-29(28)25-38(36)47-37/h1-25H. The molecule has 48 heavy (non-hydrogen) atoms. The van der Waals surface area contributed by atoms with Crippen LogP contribution in [0.1, 0.15) is 0 Å². The second kappa shape index (κ2) is 10.5. The summed E-state index contributed by atoms with van der Waals surface area (Å²) in [7, 11) is 0. The highest BCUT2D eigenvalue weighted by Gasteiger charge is 2.20. The van der Waals surface area contributed by atoms with Crippen molar-refractivity contribution in [3.05, 3.63) is 152 Å². The third-order valence-electron chi connectivity index (χ3n) is 9.11. The summed E-state index contributed by atoms with van der Waals surface area (Å²) in [4.78, 5) is 14.8. The van der Waals surface area contributed by atoms with Crippen molar-refractivity contribution < 1.29 is 8.83 Å². The zero-order chi connectivity index (χ0) is 31.6. The highest BCUT2D eigenvalue weighted by atomic mass is 16.3. The molecule has 3 aromatic heterocycles. The van der Waals surface area contributed by atoms with Gasteiger partial charge in [0.1, 0.15) is 22.3 Å². The topological polar surface area (TPSA) is 65.0 Å². The molecule has 5 nitrogen and oxygen atoms in total. The average molecular weight is 616 g/mol. The third kappa shape index (κ3) is 4.22. The van der Waals surface area contributed by atoms with Crippen molar-refractivity contribution in [2.24, 2.45) is 0 Å². The predicted molar refractivity (Wildman–Crippen MR) is 194 cm³/mol. The lowest BCUT2D eigenvalue weighted by atomic mass is 9.99. The molecule has 0 saturated carbocycles. The predicted octanol–water partition coefficient (Wildman–Crippen LogP) is 11.5. The monoisotopic (exact) mass is 615 g/mol. The minimum Gasteiger partial charge on any atom is -0.456 e. The summed E-state index contributed by atoms with van der Waals surface area (Å²) >= 11 is 0. The number of furan rings is 2. The second-order valence-corrected chi connectivity index (χ2v) is 12.0. The Kier molecular flexibility index (Phi) is 5.81. The Labute approximate surface area is 274 Å². The first-order valence-electron chi connectivity index (χ1n) is 15.9. The minimum absolute atomic E-state index is 0.562. The Morgan fingerprint density at radius 1 is 0.333 bits per heavy atom. The van der Waals surface area contributed by atoms with Crippen LogP contribution in [0.25, 0.3) is 99.9 Å². The van der Waals surface area contributed by atoms with E-state index >= 15 is 0 Å². The molecule has 10 aromatic rings. The van der Waals surface area contributed by atoms with Gasteiger partial charge in [-0.1, -0.05) is 121 Å². The van der Waals surface area contributed by atoms with Gasteiger partial charge in [0.2, 0.25) is 0 Å². The van der Waals surface area contributed by atoms with Gasteiger partial charge in [-0.2, -0.15) is 0 Å². The van der Waals surface area contributed by atoms with E-state index in [-0.39, 0.29) is 0 Å². The molecule has 0 bridgehead atoms. The average Bonchev–Trinajstić information content (AvgIpc) is 3.72. The minimum atomic E-state index is 0.562. The molecule has 0 aliphatic rings. The SMILES string of the molecule is c1ccc(-c2nc(-c3ccccc3)nc(-c3cccc4c3oc3c(-c5ccc6oc7cc8ccccc8cc7c6c5)cccc34)n2)cc1. The molecule has 0 spiro atoms. The first kappa shape index (κ1) is 26.6. The molecule has 0 saturated heterocycles. The molecule has 0 aliphatic heterocycles. The van der Waals surface area contributed by atoms with Crippen LogP contribution in [-0.2, 0) is 0 Å². The fraction of sp³-hybridized carbons (Fsp3) is 0. The highest BCUT2D eigenvalue weighted by molar-refractivity contribution is 6.14. The lowest BCUT2D eigenvalue weighted by Gasteiger charge is -2.08. The van der Waals surface area contributed by atoms with Gasteiger partial charge in [-0.05, 0) is 46.7 Å². The summed E-state index contributed by atoms with van der Waals surface area (Å²) in [5.74, 6) is 1.79. The van der Waals surface area contributed by atoms with Gasteiger partial charge < -0.3 is 8.83 Å². The number of para-hydroxylation sites is 2. The summed E-state index contributed by atoms with van der Waals surface area (Å²) < 4.78 is 13.1. The molecule has 0 amide bonds. The summed E-state index contributed by atoms with van der Waals surface area (Å²) in [6, 6.07) is 51.6. The maximum atomic E-state index is 6.83. The lowest BCUT2D eigenvalue weighted by Crippen LogP contribution is -2.00. The molecule has 0 N–H and O–H groups in total. The number of hydrogen-bond acceptors (Lipinski definition) is 5. The van der Waals surface area contributed by atoms with Gasteiger partial charge >= 0.3 is 0 Å². The summed E-state index contributed by atoms with van der Waals surface area (Å²) in [5.41, 5.74) is 8.04. The van der Waals surface area contributed by atoms with E-state index in [4.69, 9.17) is 23.8 Å². The molecule has 7 aromatic carbocycles. The van der Waals surface area contributed by atoms with E-state index in [2.05, 4.69) is 78.9 Å². The van der Waals surface area contributed by atoms with Crippen LogP contribution in [-0.4, -0.2) is 15.0 Å². The van der Waals surface area contributed by atoms with E-state index in [0.29, 0.717) is 17.5 Å². The third-order valence-corrected chi connectivity index (χ3v) is 9.11. The number of aromatic nitrogens is 3. The lowest BCUT2D eigenvalue weighted by molar-refractivity contribution is 0.668. The second-order valence-electron chi connectivity index (χ2n) is 12.0. The molecule has 0 fully saturated rings. The Morgan fingerprint density at radius 3 is 1.58 bits per heavy atom. The Hall–Kier alpha value is -6.59. The van der Waals surface area contributed by atoms with Crippen molar-refractivity contribution in [3.63, 3.8) is 0 Å². The van der Waals surface area contributed by atoms with Gasteiger partial charge in [-0.15, -0.1) is 0 Å². The summed E-state index contributed by atoms with van der Waals surface area (Å²) in [5, 5.41) is 6.57. The van der Waals surface area contributed by atoms with Crippen LogP contribution >= 0.6 is 0 Å². The molecular weight excluding hydrogens is 590 g/mol. The van der Waals surface area contributed by atoms with Gasteiger partial charge in [0.15, 0.2) is 17.5 Å². The smallest absolute Gasteiger partial charge is 0.167 e. The van der Waals surface area contributed by atoms with Crippen molar-refractivity contribution in [3.8, 4) is 45.3 Å². The number of nitrogens with zero attached hydrogens (tertiary/aromatic N) is 3. The number of benzene rings is 7. The van der Waals surface area contributed by atoms with Crippen molar-refractivity contribution in [1.82, 2.24) is 15.0 Å². The van der Waals surface area contributed by atoms with Gasteiger partial charge in [0, 0.05) is 38.2 Å². The number of hydrogen-bond donors (Lipinski definition) is 0. The molecule has 0 aliphatic carbocycles. The zero-order valence-electron chi connectivity index (χ0n) is 25.6. The van der Waals surface area contributed by atoms with Crippen molar-refractivity contribution in [1.29, 1.82) is 0 Å². The summed E-state index contributed by atoms with van der Waals surface area (Å²) in [6.45, 7) is 0. The van der Waals surface area contributed by atoms with E-state index < -0.39 is 0 Å². The molecule has 224 valence electrons. The molecule has 5 heteroatoms. The number of fused-ring (bicyclic) bond motifs is 7. The number of rotatable bonds is 4. The molecular formula is C43H25N3O2. The van der Waals surface area contributed by atoms with Gasteiger partial charge in [-0.25, -0.2) is 15.0 Å². The summed E-state index contributed by atoms with van der Waals surface area (Å²) in [6.07, 6.45) is 0.